The van der Waals surface area contributed by atoms with Crippen LogP contribution < -0.4 is 9.47 Å². The molecule has 2 heterocycles. The number of amides is 2. The molecule has 3 aromatic carbocycles. The molecular weight excluding hydrogens is 526 g/mol. The Morgan fingerprint density at radius 2 is 1.76 bits per heavy atom. The second-order valence-corrected chi connectivity index (χ2v) is 11.9. The number of ether oxygens (including phenoxy) is 2. The van der Waals surface area contributed by atoms with E-state index in [1.807, 2.05) is 85.5 Å². The number of benzene rings is 3. The molecule has 218 valence electrons. The number of piperazine rings is 1. The van der Waals surface area contributed by atoms with Crippen LogP contribution in [-0.2, 0) is 17.8 Å². The number of nitrogens with zero attached hydrogens (tertiary/aromatic N) is 2. The number of aryl methyl sites for hydroxylation is 1. The van der Waals surface area contributed by atoms with Crippen LogP contribution in [0.1, 0.15) is 54.7 Å². The number of carbonyl (C=O) groups excluding carboxylic acids is 2. The van der Waals surface area contributed by atoms with Crippen LogP contribution in [0.15, 0.2) is 78.9 Å². The highest BCUT2D eigenvalue weighted by molar-refractivity contribution is 6.00. The molecule has 0 radical (unpaired) electrons. The molecule has 1 aliphatic heterocycles. The smallest absolute Gasteiger partial charge is 0.270 e. The highest BCUT2D eigenvalue weighted by Crippen LogP contribution is 2.31. The minimum Gasteiger partial charge on any atom is -0.493 e. The molecule has 1 aromatic heterocycles. The fraction of sp³-hybridized carbons (Fsp3) is 0.371. The van der Waals surface area contributed by atoms with Crippen LogP contribution in [0.4, 0.5) is 0 Å². The number of H-pyrrole nitrogens is 1. The Bertz CT molecular complexity index is 1540. The van der Waals surface area contributed by atoms with Crippen molar-refractivity contribution in [3.8, 4) is 11.5 Å². The first-order valence-corrected chi connectivity index (χ1v) is 15.0. The number of aromatic nitrogens is 1. The van der Waals surface area contributed by atoms with Gasteiger partial charge in [-0.3, -0.25) is 9.59 Å². The standard InChI is InChI=1S/C35H39N3O4/c1-24(2)42-31-10-6-9-27(17-31)20-38-29(14-13-25-7-4-3-5-8-25)21-37(22-34(38)39)35(40)33-19-28-18-30(15-16-32(28)36-33)41-23-26-11-12-26/h3-10,15-19,24,26,29,36H,11-14,20-23H2,1-2H3/t29-/m0/s1. The lowest BCUT2D eigenvalue weighted by Crippen LogP contribution is -2.57. The molecule has 7 nitrogen and oxygen atoms in total. The zero-order valence-corrected chi connectivity index (χ0v) is 24.4. The van der Waals surface area contributed by atoms with Crippen molar-refractivity contribution in [3.63, 3.8) is 0 Å². The molecule has 4 aromatic rings. The first kappa shape index (κ1) is 27.9. The van der Waals surface area contributed by atoms with Crippen molar-refractivity contribution in [1.29, 1.82) is 0 Å². The van der Waals surface area contributed by atoms with E-state index in [-0.39, 0.29) is 30.5 Å². The predicted octanol–water partition coefficient (Wildman–Crippen LogP) is 6.23. The Morgan fingerprint density at radius 3 is 2.55 bits per heavy atom. The molecule has 1 aliphatic carbocycles. The Morgan fingerprint density at radius 1 is 0.952 bits per heavy atom. The van der Waals surface area contributed by atoms with Gasteiger partial charge in [-0.1, -0.05) is 42.5 Å². The molecule has 1 saturated heterocycles. The average Bonchev–Trinajstić information content (AvgIpc) is 3.72. The maximum absolute atomic E-state index is 13.7. The van der Waals surface area contributed by atoms with Crippen LogP contribution in [0.5, 0.6) is 11.5 Å². The van der Waals surface area contributed by atoms with Gasteiger partial charge < -0.3 is 24.3 Å². The minimum absolute atomic E-state index is 0.0466. The molecule has 7 heteroatoms. The molecule has 2 aliphatic rings. The van der Waals surface area contributed by atoms with E-state index < -0.39 is 0 Å². The summed E-state index contributed by atoms with van der Waals surface area (Å²) >= 11 is 0. The monoisotopic (exact) mass is 565 g/mol. The van der Waals surface area contributed by atoms with E-state index in [1.54, 1.807) is 4.90 Å². The number of rotatable bonds is 11. The SMILES string of the molecule is CC(C)Oc1cccc(CN2C(=O)CN(C(=O)c3cc4cc(OCC5CC5)ccc4[nH]3)C[C@@H]2CCc2ccccc2)c1. The highest BCUT2D eigenvalue weighted by atomic mass is 16.5. The second-order valence-electron chi connectivity index (χ2n) is 11.9. The van der Waals surface area contributed by atoms with Crippen molar-refractivity contribution in [2.75, 3.05) is 19.7 Å². The van der Waals surface area contributed by atoms with Gasteiger partial charge in [0.1, 0.15) is 23.7 Å². The molecule has 0 unspecified atom stereocenters. The normalized spacial score (nSPS) is 17.2. The van der Waals surface area contributed by atoms with E-state index >= 15 is 0 Å². The molecule has 1 saturated carbocycles. The Kier molecular flexibility index (Phi) is 8.17. The first-order chi connectivity index (χ1) is 20.4. The third-order valence-electron chi connectivity index (χ3n) is 8.04. The number of nitrogens with one attached hydrogen (secondary N) is 1. The van der Waals surface area contributed by atoms with Gasteiger partial charge in [-0.15, -0.1) is 0 Å². The third kappa shape index (κ3) is 6.78. The second kappa shape index (κ2) is 12.3. The van der Waals surface area contributed by atoms with Crippen molar-refractivity contribution in [2.24, 2.45) is 5.92 Å². The van der Waals surface area contributed by atoms with E-state index in [0.717, 1.165) is 47.4 Å². The van der Waals surface area contributed by atoms with Crippen LogP contribution in [0.25, 0.3) is 10.9 Å². The van der Waals surface area contributed by atoms with Crippen molar-refractivity contribution in [1.82, 2.24) is 14.8 Å². The number of hydrogen-bond acceptors (Lipinski definition) is 4. The van der Waals surface area contributed by atoms with Gasteiger partial charge in [-0.2, -0.15) is 0 Å². The van der Waals surface area contributed by atoms with E-state index in [9.17, 15) is 9.59 Å². The van der Waals surface area contributed by atoms with Crippen LogP contribution >= 0.6 is 0 Å². The highest BCUT2D eigenvalue weighted by Gasteiger charge is 2.35. The molecule has 2 amide bonds. The summed E-state index contributed by atoms with van der Waals surface area (Å²) in [6.07, 6.45) is 4.13. The van der Waals surface area contributed by atoms with Gasteiger partial charge >= 0.3 is 0 Å². The van der Waals surface area contributed by atoms with Crippen LogP contribution in [0.2, 0.25) is 0 Å². The van der Waals surface area contributed by atoms with Crippen LogP contribution in [0, 0.1) is 5.92 Å². The molecule has 0 spiro atoms. The van der Waals surface area contributed by atoms with Gasteiger partial charge in [0.25, 0.3) is 5.91 Å². The van der Waals surface area contributed by atoms with Gasteiger partial charge in [0.2, 0.25) is 5.91 Å². The summed E-state index contributed by atoms with van der Waals surface area (Å²) in [4.78, 5) is 34.3. The zero-order chi connectivity index (χ0) is 29.1. The Labute approximate surface area is 247 Å². The number of hydrogen-bond donors (Lipinski definition) is 1. The summed E-state index contributed by atoms with van der Waals surface area (Å²) in [5, 5.41) is 0.931. The minimum atomic E-state index is -0.156. The number of carbonyl (C=O) groups is 2. The summed E-state index contributed by atoms with van der Waals surface area (Å²) in [5.74, 6) is 2.09. The zero-order valence-electron chi connectivity index (χ0n) is 24.4. The topological polar surface area (TPSA) is 74.9 Å². The molecule has 1 atom stereocenters. The summed E-state index contributed by atoms with van der Waals surface area (Å²) in [7, 11) is 0. The lowest BCUT2D eigenvalue weighted by molar-refractivity contribution is -0.139. The fourth-order valence-corrected chi connectivity index (χ4v) is 5.64. The summed E-state index contributed by atoms with van der Waals surface area (Å²) in [5.41, 5.74) is 3.61. The molecule has 2 fully saturated rings. The molecule has 6 rings (SSSR count). The summed E-state index contributed by atoms with van der Waals surface area (Å²) < 4.78 is 11.8. The quantitative estimate of drug-likeness (QED) is 0.234. The van der Waals surface area contributed by atoms with E-state index in [4.69, 9.17) is 9.47 Å². The van der Waals surface area contributed by atoms with Gasteiger partial charge in [0.15, 0.2) is 0 Å². The molecular formula is C35H39N3O4. The van der Waals surface area contributed by atoms with Gasteiger partial charge in [0.05, 0.1) is 18.8 Å². The van der Waals surface area contributed by atoms with E-state index in [0.29, 0.717) is 24.7 Å². The number of aromatic amines is 1. The summed E-state index contributed by atoms with van der Waals surface area (Å²) in [6.45, 7) is 5.75. The Balaban J connectivity index is 1.19. The van der Waals surface area contributed by atoms with Crippen LogP contribution in [0.3, 0.4) is 0 Å². The van der Waals surface area contributed by atoms with Crippen molar-refractivity contribution in [2.45, 2.75) is 58.2 Å². The first-order valence-electron chi connectivity index (χ1n) is 15.0. The fourth-order valence-electron chi connectivity index (χ4n) is 5.64. The maximum atomic E-state index is 13.7. The molecule has 42 heavy (non-hydrogen) atoms. The van der Waals surface area contributed by atoms with Gasteiger partial charge in [-0.25, -0.2) is 0 Å². The third-order valence-corrected chi connectivity index (χ3v) is 8.04. The predicted molar refractivity (Wildman–Crippen MR) is 164 cm³/mol. The van der Waals surface area contributed by atoms with Crippen molar-refractivity contribution in [3.05, 3.63) is 95.7 Å². The summed E-state index contributed by atoms with van der Waals surface area (Å²) in [6, 6.07) is 25.9. The molecule has 0 bridgehead atoms. The number of fused-ring (bicyclic) bond motifs is 1. The van der Waals surface area contributed by atoms with E-state index in [1.165, 1.54) is 18.4 Å². The Hall–Kier alpha value is -4.26. The van der Waals surface area contributed by atoms with E-state index in [2.05, 4.69) is 17.1 Å². The van der Waals surface area contributed by atoms with Gasteiger partial charge in [-0.05, 0) is 93.0 Å². The maximum Gasteiger partial charge on any atom is 0.270 e. The van der Waals surface area contributed by atoms with Crippen LogP contribution in [-0.4, -0.2) is 58.4 Å². The average molecular weight is 566 g/mol. The van der Waals surface area contributed by atoms with Crippen molar-refractivity contribution < 1.29 is 19.1 Å². The van der Waals surface area contributed by atoms with Crippen molar-refractivity contribution >= 4 is 22.7 Å². The molecule has 1 N–H and O–H groups in total. The van der Waals surface area contributed by atoms with Gasteiger partial charge in [0, 0.05) is 24.0 Å². The lowest BCUT2D eigenvalue weighted by atomic mass is 10.0. The lowest BCUT2D eigenvalue weighted by Gasteiger charge is -2.41. The largest absolute Gasteiger partial charge is 0.493 e.